The molecule has 1 fully saturated rings. The maximum absolute atomic E-state index is 13.5. The summed E-state index contributed by atoms with van der Waals surface area (Å²) in [6.45, 7) is 10.3. The van der Waals surface area contributed by atoms with Crippen LogP contribution >= 0.6 is 0 Å². The van der Waals surface area contributed by atoms with E-state index in [4.69, 9.17) is 4.74 Å². The van der Waals surface area contributed by atoms with E-state index in [1.165, 1.54) is 11.3 Å². The smallest absolute Gasteiger partial charge is 0.401 e. The maximum atomic E-state index is 13.5. The Kier molecular flexibility index (Phi) is 7.51. The topological polar surface area (TPSA) is 35.9 Å². The molecule has 0 saturated carbocycles. The molecule has 4 nitrogen and oxygen atoms in total. The second-order valence-corrected chi connectivity index (χ2v) is 10.7. The predicted molar refractivity (Wildman–Crippen MR) is 132 cm³/mol. The fraction of sp³-hybridized carbons (Fsp3) is 0.571. The lowest BCUT2D eigenvalue weighted by atomic mass is 9.82. The minimum Gasteiger partial charge on any atom is -0.492 e. The van der Waals surface area contributed by atoms with Gasteiger partial charge in [0.25, 0.3) is 0 Å². The van der Waals surface area contributed by atoms with Crippen LogP contribution in [-0.4, -0.2) is 59.9 Å². The minimum absolute atomic E-state index is 0.300. The number of likely N-dealkylation sites (tertiary alicyclic amines) is 1. The van der Waals surface area contributed by atoms with Gasteiger partial charge in [-0.25, -0.2) is 0 Å². The summed E-state index contributed by atoms with van der Waals surface area (Å²) in [5, 5.41) is 10.4. The number of ether oxygens (including phenoxy) is 1. The molecule has 2 aliphatic heterocycles. The monoisotopic (exact) mass is 490 g/mol. The zero-order valence-corrected chi connectivity index (χ0v) is 21.1. The van der Waals surface area contributed by atoms with Crippen LogP contribution in [0.2, 0.25) is 0 Å². The van der Waals surface area contributed by atoms with Crippen molar-refractivity contribution >= 4 is 0 Å². The number of halogens is 3. The molecule has 2 atom stereocenters. The zero-order valence-electron chi connectivity index (χ0n) is 21.1. The first-order valence-corrected chi connectivity index (χ1v) is 12.6. The van der Waals surface area contributed by atoms with Crippen molar-refractivity contribution in [2.24, 2.45) is 5.92 Å². The van der Waals surface area contributed by atoms with Crippen molar-refractivity contribution in [2.75, 3.05) is 32.8 Å². The second kappa shape index (κ2) is 10.1. The summed E-state index contributed by atoms with van der Waals surface area (Å²) in [5.41, 5.74) is 2.41. The number of fused-ring (bicyclic) bond motifs is 1. The lowest BCUT2D eigenvalue weighted by Crippen LogP contribution is -2.47. The van der Waals surface area contributed by atoms with Crippen LogP contribution < -0.4 is 4.74 Å². The molecular weight excluding hydrogens is 453 g/mol. The quantitative estimate of drug-likeness (QED) is 0.528. The van der Waals surface area contributed by atoms with E-state index in [1.807, 2.05) is 49.4 Å². The van der Waals surface area contributed by atoms with Crippen LogP contribution in [0.4, 0.5) is 13.2 Å². The Labute approximate surface area is 206 Å². The zero-order chi connectivity index (χ0) is 25.4. The molecule has 192 valence electrons. The Morgan fingerprint density at radius 3 is 2.34 bits per heavy atom. The van der Waals surface area contributed by atoms with E-state index in [0.29, 0.717) is 13.0 Å². The second-order valence-electron chi connectivity index (χ2n) is 10.7. The van der Waals surface area contributed by atoms with Gasteiger partial charge in [-0.05, 0) is 67.5 Å². The third-order valence-electron chi connectivity index (χ3n) is 7.40. The molecule has 0 spiro atoms. The molecular formula is C28H37F3N2O2. The molecule has 2 heterocycles. The maximum Gasteiger partial charge on any atom is 0.401 e. The first kappa shape index (κ1) is 26.0. The third-order valence-corrected chi connectivity index (χ3v) is 7.40. The molecule has 0 aromatic heterocycles. The van der Waals surface area contributed by atoms with Crippen LogP contribution in [0, 0.1) is 5.92 Å². The number of benzene rings is 2. The van der Waals surface area contributed by atoms with Gasteiger partial charge in [0.15, 0.2) is 0 Å². The summed E-state index contributed by atoms with van der Waals surface area (Å²) in [4.78, 5) is 3.91. The molecule has 0 unspecified atom stereocenters. The number of hydrogen-bond donors (Lipinski definition) is 1. The molecule has 1 saturated heterocycles. The Hall–Kier alpha value is -2.09. The minimum atomic E-state index is -4.30. The number of aliphatic hydroxyl groups is 1. The van der Waals surface area contributed by atoms with Crippen LogP contribution in [0.1, 0.15) is 62.4 Å². The van der Waals surface area contributed by atoms with Crippen LogP contribution in [-0.2, 0) is 12.0 Å². The van der Waals surface area contributed by atoms with Crippen molar-refractivity contribution < 1.29 is 23.0 Å². The highest BCUT2D eigenvalue weighted by atomic mass is 19.4. The van der Waals surface area contributed by atoms with Crippen molar-refractivity contribution in [3.63, 3.8) is 0 Å². The molecule has 0 aliphatic carbocycles. The van der Waals surface area contributed by atoms with E-state index >= 15 is 0 Å². The molecule has 0 bridgehead atoms. The normalized spacial score (nSPS) is 22.1. The van der Waals surface area contributed by atoms with Gasteiger partial charge in [0, 0.05) is 25.7 Å². The van der Waals surface area contributed by atoms with E-state index in [-0.39, 0.29) is 6.04 Å². The van der Waals surface area contributed by atoms with Crippen LogP contribution in [0.15, 0.2) is 42.5 Å². The fourth-order valence-corrected chi connectivity index (χ4v) is 5.28. The highest BCUT2D eigenvalue weighted by Gasteiger charge is 2.40. The van der Waals surface area contributed by atoms with Crippen molar-refractivity contribution in [2.45, 2.75) is 64.4 Å². The van der Waals surface area contributed by atoms with Crippen molar-refractivity contribution in [3.05, 3.63) is 64.7 Å². The Balaban J connectivity index is 1.55. The molecule has 1 N–H and O–H groups in total. The molecule has 2 aliphatic rings. The molecule has 0 radical (unpaired) electrons. The molecule has 7 heteroatoms. The summed E-state index contributed by atoms with van der Waals surface area (Å²) in [7, 11) is 0. The average Bonchev–Trinajstić information content (AvgIpc) is 2.74. The predicted octanol–water partition coefficient (Wildman–Crippen LogP) is 5.53. The Morgan fingerprint density at radius 2 is 1.74 bits per heavy atom. The summed E-state index contributed by atoms with van der Waals surface area (Å²) in [6, 6.07) is 12.3. The van der Waals surface area contributed by atoms with E-state index in [1.54, 1.807) is 13.8 Å². The van der Waals surface area contributed by atoms with Gasteiger partial charge in [0.2, 0.25) is 0 Å². The van der Waals surface area contributed by atoms with Crippen LogP contribution in [0.3, 0.4) is 0 Å². The molecule has 4 rings (SSSR count). The van der Waals surface area contributed by atoms with E-state index in [0.717, 1.165) is 53.6 Å². The van der Waals surface area contributed by atoms with Gasteiger partial charge >= 0.3 is 6.18 Å². The summed E-state index contributed by atoms with van der Waals surface area (Å²) < 4.78 is 46.6. The fourth-order valence-electron chi connectivity index (χ4n) is 5.28. The molecule has 2 aromatic rings. The first-order valence-electron chi connectivity index (χ1n) is 12.6. The number of alkyl halides is 3. The SMILES string of the molecule is CCC1CN(CCOc2ccc([C@H]3c4ccc(C(C)(C)O)cc4C[C@H](C)N3CC(F)(F)F)cc2)C1. The van der Waals surface area contributed by atoms with Crippen LogP contribution in [0.25, 0.3) is 0 Å². The van der Waals surface area contributed by atoms with Crippen molar-refractivity contribution in [1.82, 2.24) is 9.80 Å². The Morgan fingerprint density at radius 1 is 1.06 bits per heavy atom. The third kappa shape index (κ3) is 6.19. The largest absolute Gasteiger partial charge is 0.492 e. The van der Waals surface area contributed by atoms with Gasteiger partial charge in [-0.3, -0.25) is 9.80 Å². The standard InChI is InChI=1S/C28H37F3N2O2/c1-5-20-16-32(17-20)12-13-35-24-9-6-21(7-10-24)26-25-11-8-23(27(3,4)34)15-22(25)14-19(2)33(26)18-28(29,30)31/h6-11,15,19-20,26,34H,5,12-14,16-18H2,1-4H3/t19-,26-/m0/s1. The highest BCUT2D eigenvalue weighted by molar-refractivity contribution is 5.44. The van der Waals surface area contributed by atoms with Crippen LogP contribution in [0.5, 0.6) is 5.75 Å². The number of nitrogens with zero attached hydrogens (tertiary/aromatic N) is 2. The van der Waals surface area contributed by atoms with Gasteiger partial charge in [-0.2, -0.15) is 13.2 Å². The summed E-state index contributed by atoms with van der Waals surface area (Å²) in [6.07, 6.45) is -2.58. The lowest BCUT2D eigenvalue weighted by molar-refractivity contribution is -0.155. The number of rotatable bonds is 8. The lowest BCUT2D eigenvalue weighted by Gasteiger charge is -2.43. The van der Waals surface area contributed by atoms with E-state index in [2.05, 4.69) is 11.8 Å². The average molecular weight is 491 g/mol. The molecule has 2 aromatic carbocycles. The van der Waals surface area contributed by atoms with E-state index < -0.39 is 24.4 Å². The summed E-state index contributed by atoms with van der Waals surface area (Å²) >= 11 is 0. The Bertz CT molecular complexity index is 995. The van der Waals surface area contributed by atoms with Crippen molar-refractivity contribution in [1.29, 1.82) is 0 Å². The van der Waals surface area contributed by atoms with Gasteiger partial charge in [0.05, 0.1) is 18.2 Å². The van der Waals surface area contributed by atoms with Gasteiger partial charge in [-0.15, -0.1) is 0 Å². The van der Waals surface area contributed by atoms with Gasteiger partial charge in [-0.1, -0.05) is 43.7 Å². The highest BCUT2D eigenvalue weighted by Crippen LogP contribution is 2.41. The summed E-state index contributed by atoms with van der Waals surface area (Å²) in [5.74, 6) is 1.53. The van der Waals surface area contributed by atoms with Crippen molar-refractivity contribution in [3.8, 4) is 5.75 Å². The first-order chi connectivity index (χ1) is 16.4. The molecule has 35 heavy (non-hydrogen) atoms. The number of hydrogen-bond acceptors (Lipinski definition) is 4. The van der Waals surface area contributed by atoms with Gasteiger partial charge in [0.1, 0.15) is 12.4 Å². The van der Waals surface area contributed by atoms with Gasteiger partial charge < -0.3 is 9.84 Å². The molecule has 0 amide bonds. The van der Waals surface area contributed by atoms with E-state index in [9.17, 15) is 18.3 Å².